The number of rotatable bonds is 4. The Morgan fingerprint density at radius 1 is 1.39 bits per heavy atom. The number of carbonyl (C=O) groups is 1. The van der Waals surface area contributed by atoms with Crippen LogP contribution in [-0.4, -0.2) is 37.1 Å². The second-order valence-corrected chi connectivity index (χ2v) is 5.87. The van der Waals surface area contributed by atoms with E-state index < -0.39 is 0 Å². The summed E-state index contributed by atoms with van der Waals surface area (Å²) in [6.07, 6.45) is 2.66. The molecule has 1 amide bonds. The number of pyridine rings is 1. The number of hydrogen-bond donors (Lipinski definition) is 1. The zero-order chi connectivity index (χ0) is 16.2. The lowest BCUT2D eigenvalue weighted by Crippen LogP contribution is -2.37. The highest BCUT2D eigenvalue weighted by molar-refractivity contribution is 6.31. The Morgan fingerprint density at radius 3 is 3.00 bits per heavy atom. The van der Waals surface area contributed by atoms with Gasteiger partial charge >= 0.3 is 0 Å². The SMILES string of the molecule is COc1ccc(Cl)cc1C(=O)NC1CCN(c2ccccn2)C1. The molecule has 6 heteroatoms. The molecule has 1 unspecified atom stereocenters. The van der Waals surface area contributed by atoms with Gasteiger partial charge in [-0.3, -0.25) is 4.79 Å². The quantitative estimate of drug-likeness (QED) is 0.936. The van der Waals surface area contributed by atoms with Crippen LogP contribution in [0, 0.1) is 0 Å². The predicted molar refractivity (Wildman–Crippen MR) is 90.3 cm³/mol. The van der Waals surface area contributed by atoms with Crippen molar-refractivity contribution in [2.75, 3.05) is 25.1 Å². The first kappa shape index (κ1) is 15.6. The number of amides is 1. The number of ether oxygens (including phenoxy) is 1. The van der Waals surface area contributed by atoms with Crippen molar-refractivity contribution in [2.45, 2.75) is 12.5 Å². The molecule has 1 atom stereocenters. The van der Waals surface area contributed by atoms with E-state index in [-0.39, 0.29) is 11.9 Å². The van der Waals surface area contributed by atoms with E-state index in [0.29, 0.717) is 16.3 Å². The van der Waals surface area contributed by atoms with Gasteiger partial charge in [-0.05, 0) is 36.8 Å². The maximum atomic E-state index is 12.5. The van der Waals surface area contributed by atoms with E-state index in [1.165, 1.54) is 0 Å². The first-order valence-electron chi connectivity index (χ1n) is 7.48. The molecular formula is C17H18ClN3O2. The molecular weight excluding hydrogens is 314 g/mol. The molecule has 0 bridgehead atoms. The minimum absolute atomic E-state index is 0.0770. The summed E-state index contributed by atoms with van der Waals surface area (Å²) in [4.78, 5) is 19.0. The van der Waals surface area contributed by atoms with Gasteiger partial charge in [-0.1, -0.05) is 17.7 Å². The number of nitrogens with zero attached hydrogens (tertiary/aromatic N) is 2. The van der Waals surface area contributed by atoms with Crippen LogP contribution in [0.3, 0.4) is 0 Å². The Balaban J connectivity index is 1.67. The van der Waals surface area contributed by atoms with Crippen LogP contribution in [0.1, 0.15) is 16.8 Å². The number of aromatic nitrogens is 1. The van der Waals surface area contributed by atoms with Crippen molar-refractivity contribution in [1.29, 1.82) is 0 Å². The molecule has 5 nitrogen and oxygen atoms in total. The molecule has 2 heterocycles. The molecule has 1 aromatic carbocycles. The molecule has 0 spiro atoms. The van der Waals surface area contributed by atoms with Gasteiger partial charge in [-0.15, -0.1) is 0 Å². The average molecular weight is 332 g/mol. The molecule has 1 aliphatic heterocycles. The summed E-state index contributed by atoms with van der Waals surface area (Å²) in [6.45, 7) is 1.61. The van der Waals surface area contributed by atoms with Crippen molar-refractivity contribution in [3.05, 3.63) is 53.2 Å². The zero-order valence-electron chi connectivity index (χ0n) is 12.8. The van der Waals surface area contributed by atoms with Gasteiger partial charge in [0, 0.05) is 30.4 Å². The summed E-state index contributed by atoms with van der Waals surface area (Å²) in [5.41, 5.74) is 0.455. The van der Waals surface area contributed by atoms with Gasteiger partial charge in [-0.2, -0.15) is 0 Å². The lowest BCUT2D eigenvalue weighted by atomic mass is 10.1. The van der Waals surface area contributed by atoms with Gasteiger partial charge in [0.2, 0.25) is 0 Å². The van der Waals surface area contributed by atoms with Crippen molar-refractivity contribution in [3.63, 3.8) is 0 Å². The van der Waals surface area contributed by atoms with Crippen LogP contribution in [0.15, 0.2) is 42.6 Å². The fourth-order valence-electron chi connectivity index (χ4n) is 2.75. The lowest BCUT2D eigenvalue weighted by molar-refractivity contribution is 0.0937. The third kappa shape index (κ3) is 3.56. The highest BCUT2D eigenvalue weighted by Crippen LogP contribution is 2.23. The smallest absolute Gasteiger partial charge is 0.255 e. The molecule has 0 saturated carbocycles. The van der Waals surface area contributed by atoms with Crippen LogP contribution < -0.4 is 15.0 Å². The first-order chi connectivity index (χ1) is 11.2. The van der Waals surface area contributed by atoms with E-state index in [2.05, 4.69) is 15.2 Å². The van der Waals surface area contributed by atoms with E-state index in [4.69, 9.17) is 16.3 Å². The number of hydrogen-bond acceptors (Lipinski definition) is 4. The molecule has 1 aliphatic rings. The van der Waals surface area contributed by atoms with Crippen molar-refractivity contribution in [2.24, 2.45) is 0 Å². The van der Waals surface area contributed by atoms with Gasteiger partial charge in [-0.25, -0.2) is 4.98 Å². The molecule has 1 fully saturated rings. The Bertz CT molecular complexity index is 693. The highest BCUT2D eigenvalue weighted by atomic mass is 35.5. The lowest BCUT2D eigenvalue weighted by Gasteiger charge is -2.18. The van der Waals surface area contributed by atoms with E-state index in [9.17, 15) is 4.79 Å². The van der Waals surface area contributed by atoms with Crippen molar-refractivity contribution < 1.29 is 9.53 Å². The van der Waals surface area contributed by atoms with Crippen molar-refractivity contribution in [3.8, 4) is 5.75 Å². The molecule has 120 valence electrons. The molecule has 0 aliphatic carbocycles. The maximum absolute atomic E-state index is 12.5. The Kier molecular flexibility index (Phi) is 4.67. The van der Waals surface area contributed by atoms with Gasteiger partial charge in [0.25, 0.3) is 5.91 Å². The van der Waals surface area contributed by atoms with E-state index in [1.807, 2.05) is 18.2 Å². The topological polar surface area (TPSA) is 54.5 Å². The van der Waals surface area contributed by atoms with E-state index >= 15 is 0 Å². The third-order valence-corrected chi connectivity index (χ3v) is 4.14. The molecule has 1 aromatic heterocycles. The van der Waals surface area contributed by atoms with Gasteiger partial charge in [0.1, 0.15) is 11.6 Å². The van der Waals surface area contributed by atoms with Crippen LogP contribution in [0.5, 0.6) is 5.75 Å². The Hall–Kier alpha value is -2.27. The largest absolute Gasteiger partial charge is 0.496 e. The Labute approximate surface area is 140 Å². The summed E-state index contributed by atoms with van der Waals surface area (Å²) in [6, 6.07) is 10.9. The van der Waals surface area contributed by atoms with Crippen LogP contribution >= 0.6 is 11.6 Å². The van der Waals surface area contributed by atoms with E-state index in [0.717, 1.165) is 25.3 Å². The highest BCUT2D eigenvalue weighted by Gasteiger charge is 2.26. The normalized spacial score (nSPS) is 17.1. The van der Waals surface area contributed by atoms with Gasteiger partial charge in [0.05, 0.1) is 12.7 Å². The van der Waals surface area contributed by atoms with Crippen molar-refractivity contribution >= 4 is 23.3 Å². The molecule has 1 saturated heterocycles. The maximum Gasteiger partial charge on any atom is 0.255 e. The number of benzene rings is 1. The molecule has 3 rings (SSSR count). The van der Waals surface area contributed by atoms with E-state index in [1.54, 1.807) is 31.5 Å². The first-order valence-corrected chi connectivity index (χ1v) is 7.85. The summed E-state index contributed by atoms with van der Waals surface area (Å²) >= 11 is 5.99. The summed E-state index contributed by atoms with van der Waals surface area (Å²) < 4.78 is 5.24. The summed E-state index contributed by atoms with van der Waals surface area (Å²) in [5, 5.41) is 3.56. The second kappa shape index (κ2) is 6.87. The van der Waals surface area contributed by atoms with Gasteiger partial charge < -0.3 is 15.0 Å². The van der Waals surface area contributed by atoms with Crippen LogP contribution in [0.4, 0.5) is 5.82 Å². The molecule has 2 aromatic rings. The summed E-state index contributed by atoms with van der Waals surface area (Å²) in [7, 11) is 1.54. The number of anilines is 1. The fourth-order valence-corrected chi connectivity index (χ4v) is 2.92. The van der Waals surface area contributed by atoms with Crippen LogP contribution in [-0.2, 0) is 0 Å². The minimum atomic E-state index is -0.169. The number of nitrogens with one attached hydrogen (secondary N) is 1. The summed E-state index contributed by atoms with van der Waals surface area (Å²) in [5.74, 6) is 1.29. The average Bonchev–Trinajstić information content (AvgIpc) is 3.04. The van der Waals surface area contributed by atoms with Gasteiger partial charge in [0.15, 0.2) is 0 Å². The second-order valence-electron chi connectivity index (χ2n) is 5.44. The number of carbonyl (C=O) groups excluding carboxylic acids is 1. The third-order valence-electron chi connectivity index (χ3n) is 3.90. The van der Waals surface area contributed by atoms with Crippen LogP contribution in [0.25, 0.3) is 0 Å². The number of methoxy groups -OCH3 is 1. The van der Waals surface area contributed by atoms with Crippen molar-refractivity contribution in [1.82, 2.24) is 10.3 Å². The Morgan fingerprint density at radius 2 is 2.26 bits per heavy atom. The molecule has 0 radical (unpaired) electrons. The monoisotopic (exact) mass is 331 g/mol. The predicted octanol–water partition coefficient (Wildman–Crippen LogP) is 2.75. The fraction of sp³-hybridized carbons (Fsp3) is 0.294. The molecule has 1 N–H and O–H groups in total. The zero-order valence-corrected chi connectivity index (χ0v) is 13.6. The standard InChI is InChI=1S/C17H18ClN3O2/c1-23-15-6-5-12(18)10-14(15)17(22)20-13-7-9-21(11-13)16-4-2-3-8-19-16/h2-6,8,10,13H,7,9,11H2,1H3,(H,20,22). The van der Waals surface area contributed by atoms with Crippen LogP contribution in [0.2, 0.25) is 5.02 Å². The minimum Gasteiger partial charge on any atom is -0.496 e. The molecule has 23 heavy (non-hydrogen) atoms. The number of halogens is 1.